The summed E-state index contributed by atoms with van der Waals surface area (Å²) in [5.74, 6) is -2.86. The van der Waals surface area contributed by atoms with Crippen LogP contribution >= 0.6 is 0 Å². The summed E-state index contributed by atoms with van der Waals surface area (Å²) in [6, 6.07) is 14.0. The molecule has 1 N–H and O–H groups in total. The van der Waals surface area contributed by atoms with E-state index in [1.54, 1.807) is 14.0 Å². The van der Waals surface area contributed by atoms with Crippen LogP contribution in [0.4, 0.5) is 14.5 Å². The van der Waals surface area contributed by atoms with Crippen molar-refractivity contribution in [2.45, 2.75) is 25.9 Å². The van der Waals surface area contributed by atoms with Gasteiger partial charge in [-0.1, -0.05) is 24.3 Å². The van der Waals surface area contributed by atoms with E-state index >= 15 is 0 Å². The fraction of sp³-hybridized carbons (Fsp3) is 0.217. The molecule has 0 fully saturated rings. The number of amides is 1. The Balaban J connectivity index is 1.66. The summed E-state index contributed by atoms with van der Waals surface area (Å²) in [4.78, 5) is 24.7. The Kier molecular flexibility index (Phi) is 6.30. The van der Waals surface area contributed by atoms with Gasteiger partial charge in [-0.2, -0.15) is 0 Å². The molecule has 0 aliphatic rings. The van der Waals surface area contributed by atoms with Gasteiger partial charge in [-0.05, 0) is 54.4 Å². The highest BCUT2D eigenvalue weighted by Gasteiger charge is 2.24. The molecule has 0 radical (unpaired) electrons. The molecule has 0 unspecified atom stereocenters. The summed E-state index contributed by atoms with van der Waals surface area (Å²) in [5, 5.41) is 4.19. The largest absolute Gasteiger partial charge is 0.497 e. The zero-order valence-electron chi connectivity index (χ0n) is 16.7. The third-order valence-corrected chi connectivity index (χ3v) is 4.78. The predicted octanol–water partition coefficient (Wildman–Crippen LogP) is 4.80. The van der Waals surface area contributed by atoms with Crippen LogP contribution in [0, 0.1) is 11.6 Å². The molecule has 5 nitrogen and oxygen atoms in total. The number of fused-ring (bicyclic) bond motifs is 1. The molecule has 3 rings (SSSR count). The van der Waals surface area contributed by atoms with Gasteiger partial charge in [0.1, 0.15) is 17.4 Å². The van der Waals surface area contributed by atoms with Crippen LogP contribution in [0.2, 0.25) is 0 Å². The van der Waals surface area contributed by atoms with Gasteiger partial charge >= 0.3 is 5.97 Å². The van der Waals surface area contributed by atoms with E-state index in [0.29, 0.717) is 6.07 Å². The Morgan fingerprint density at radius 3 is 2.33 bits per heavy atom. The average Bonchev–Trinajstić information content (AvgIpc) is 2.74. The second-order valence-electron chi connectivity index (χ2n) is 6.89. The highest BCUT2D eigenvalue weighted by atomic mass is 19.1. The first-order valence-corrected chi connectivity index (χ1v) is 9.32. The van der Waals surface area contributed by atoms with Crippen molar-refractivity contribution < 1.29 is 27.8 Å². The molecule has 0 bridgehead atoms. The Labute approximate surface area is 172 Å². The molecule has 156 valence electrons. The van der Waals surface area contributed by atoms with E-state index in [2.05, 4.69) is 5.32 Å². The normalized spacial score (nSPS) is 12.8. The first kappa shape index (κ1) is 21.2. The summed E-state index contributed by atoms with van der Waals surface area (Å²) in [6.07, 6.45) is -1.16. The van der Waals surface area contributed by atoms with Gasteiger partial charge < -0.3 is 14.8 Å². The number of ether oxygens (including phenoxy) is 2. The van der Waals surface area contributed by atoms with Gasteiger partial charge in [0.15, 0.2) is 6.10 Å². The number of anilines is 1. The molecular weight excluding hydrogens is 392 g/mol. The SMILES string of the molecule is COc1ccc2cc([C@H](C)C(=O)O[C@H](C)C(=O)Nc3ccc(F)cc3F)ccc2c1. The molecule has 3 aromatic carbocycles. The van der Waals surface area contributed by atoms with E-state index in [9.17, 15) is 18.4 Å². The number of hydrogen-bond acceptors (Lipinski definition) is 4. The molecule has 7 heteroatoms. The van der Waals surface area contributed by atoms with Crippen LogP contribution in [0.5, 0.6) is 5.75 Å². The Hall–Kier alpha value is -3.48. The van der Waals surface area contributed by atoms with Gasteiger partial charge in [0.05, 0.1) is 18.7 Å². The van der Waals surface area contributed by atoms with Crippen molar-refractivity contribution in [1.82, 2.24) is 0 Å². The quantitative estimate of drug-likeness (QED) is 0.590. The lowest BCUT2D eigenvalue weighted by atomic mass is 9.98. The molecule has 30 heavy (non-hydrogen) atoms. The number of carbonyl (C=O) groups excluding carboxylic acids is 2. The van der Waals surface area contributed by atoms with E-state index in [-0.39, 0.29) is 5.69 Å². The highest BCUT2D eigenvalue weighted by Crippen LogP contribution is 2.26. The maximum atomic E-state index is 13.7. The minimum atomic E-state index is -1.16. The van der Waals surface area contributed by atoms with Gasteiger partial charge in [-0.3, -0.25) is 9.59 Å². The number of carbonyl (C=O) groups is 2. The lowest BCUT2D eigenvalue weighted by Crippen LogP contribution is -2.31. The molecule has 2 atom stereocenters. The van der Waals surface area contributed by atoms with Gasteiger partial charge in [0.2, 0.25) is 0 Å². The second kappa shape index (κ2) is 8.90. The van der Waals surface area contributed by atoms with Crippen LogP contribution in [0.15, 0.2) is 54.6 Å². The van der Waals surface area contributed by atoms with Crippen LogP contribution in [-0.2, 0) is 14.3 Å². The summed E-state index contributed by atoms with van der Waals surface area (Å²) >= 11 is 0. The second-order valence-corrected chi connectivity index (χ2v) is 6.89. The van der Waals surface area contributed by atoms with Gasteiger partial charge in [0.25, 0.3) is 5.91 Å². The third kappa shape index (κ3) is 4.74. The van der Waals surface area contributed by atoms with Crippen molar-refractivity contribution in [3.05, 3.63) is 71.8 Å². The van der Waals surface area contributed by atoms with Crippen molar-refractivity contribution in [3.63, 3.8) is 0 Å². The van der Waals surface area contributed by atoms with E-state index in [1.807, 2.05) is 36.4 Å². The van der Waals surface area contributed by atoms with Crippen LogP contribution in [0.1, 0.15) is 25.3 Å². The van der Waals surface area contributed by atoms with Gasteiger partial charge in [-0.15, -0.1) is 0 Å². The maximum Gasteiger partial charge on any atom is 0.313 e. The monoisotopic (exact) mass is 413 g/mol. The van der Waals surface area contributed by atoms with Crippen molar-refractivity contribution in [2.75, 3.05) is 12.4 Å². The van der Waals surface area contributed by atoms with E-state index in [0.717, 1.165) is 34.2 Å². The molecule has 3 aromatic rings. The minimum absolute atomic E-state index is 0.192. The van der Waals surface area contributed by atoms with Crippen LogP contribution in [-0.4, -0.2) is 25.1 Å². The predicted molar refractivity (Wildman–Crippen MR) is 109 cm³/mol. The fourth-order valence-electron chi connectivity index (χ4n) is 2.93. The van der Waals surface area contributed by atoms with Crippen LogP contribution in [0.3, 0.4) is 0 Å². The number of esters is 1. The minimum Gasteiger partial charge on any atom is -0.497 e. The molecular formula is C23H21F2NO4. The Morgan fingerprint density at radius 2 is 1.63 bits per heavy atom. The lowest BCUT2D eigenvalue weighted by molar-refractivity contribution is -0.154. The molecule has 0 saturated carbocycles. The molecule has 0 heterocycles. The lowest BCUT2D eigenvalue weighted by Gasteiger charge is -2.17. The first-order valence-electron chi connectivity index (χ1n) is 9.32. The number of benzene rings is 3. The number of methoxy groups -OCH3 is 1. The smallest absolute Gasteiger partial charge is 0.313 e. The standard InChI is InChI=1S/C23H21F2NO4/c1-13(15-4-5-17-11-19(29-3)8-6-16(17)10-15)23(28)30-14(2)22(27)26-21-9-7-18(24)12-20(21)25/h4-14H,1-3H3,(H,26,27)/t13-,14+/m0/s1. The summed E-state index contributed by atoms with van der Waals surface area (Å²) in [5.41, 5.74) is 0.539. The number of hydrogen-bond donors (Lipinski definition) is 1. The topological polar surface area (TPSA) is 64.6 Å². The molecule has 0 saturated heterocycles. The molecule has 0 aromatic heterocycles. The molecule has 1 amide bonds. The molecule has 0 aliphatic carbocycles. The van der Waals surface area contributed by atoms with E-state index in [1.165, 1.54) is 6.92 Å². The van der Waals surface area contributed by atoms with E-state index < -0.39 is 35.5 Å². The highest BCUT2D eigenvalue weighted by molar-refractivity contribution is 5.95. The van der Waals surface area contributed by atoms with Crippen LogP contribution < -0.4 is 10.1 Å². The first-order chi connectivity index (χ1) is 14.3. The van der Waals surface area contributed by atoms with Crippen molar-refractivity contribution in [2.24, 2.45) is 0 Å². The van der Waals surface area contributed by atoms with Gasteiger partial charge in [-0.25, -0.2) is 8.78 Å². The average molecular weight is 413 g/mol. The molecule has 0 aliphatic heterocycles. The van der Waals surface area contributed by atoms with Gasteiger partial charge in [0, 0.05) is 6.07 Å². The Morgan fingerprint density at radius 1 is 0.933 bits per heavy atom. The molecule has 0 spiro atoms. The summed E-state index contributed by atoms with van der Waals surface area (Å²) in [7, 11) is 1.59. The number of nitrogens with one attached hydrogen (secondary N) is 1. The van der Waals surface area contributed by atoms with Crippen molar-refractivity contribution >= 4 is 28.3 Å². The number of halogens is 2. The maximum absolute atomic E-state index is 13.7. The Bertz CT molecular complexity index is 1100. The third-order valence-electron chi connectivity index (χ3n) is 4.78. The van der Waals surface area contributed by atoms with Crippen LogP contribution in [0.25, 0.3) is 10.8 Å². The summed E-state index contributed by atoms with van der Waals surface area (Å²) < 4.78 is 37.1. The van der Waals surface area contributed by atoms with E-state index in [4.69, 9.17) is 9.47 Å². The van der Waals surface area contributed by atoms with Crippen molar-refractivity contribution in [1.29, 1.82) is 0 Å². The van der Waals surface area contributed by atoms with Crippen molar-refractivity contribution in [3.8, 4) is 5.75 Å². The zero-order chi connectivity index (χ0) is 21.8. The fourth-order valence-corrected chi connectivity index (χ4v) is 2.93. The summed E-state index contributed by atoms with van der Waals surface area (Å²) in [6.45, 7) is 3.06. The number of rotatable bonds is 6. The zero-order valence-corrected chi connectivity index (χ0v) is 16.7.